The SMILES string of the molecule is CCN(CC)S(=O)(=O)c1ccc(NCC(=O)Nc2cccc(I)c2)cc1. The number of nitrogens with one attached hydrogen (secondary N) is 2. The summed E-state index contributed by atoms with van der Waals surface area (Å²) in [5.74, 6) is -0.174. The number of amides is 1. The third-order valence-corrected chi connectivity index (χ3v) is 6.49. The van der Waals surface area contributed by atoms with Gasteiger partial charge < -0.3 is 10.6 Å². The van der Waals surface area contributed by atoms with E-state index in [0.717, 1.165) is 9.26 Å². The molecule has 2 aromatic rings. The minimum absolute atomic E-state index is 0.0909. The van der Waals surface area contributed by atoms with Crippen molar-refractivity contribution in [2.45, 2.75) is 18.7 Å². The van der Waals surface area contributed by atoms with Gasteiger partial charge in [-0.1, -0.05) is 19.9 Å². The number of carbonyl (C=O) groups excluding carboxylic acids is 1. The molecule has 0 unspecified atom stereocenters. The van der Waals surface area contributed by atoms with Crippen LogP contribution >= 0.6 is 22.6 Å². The van der Waals surface area contributed by atoms with Crippen LogP contribution in [-0.2, 0) is 14.8 Å². The van der Waals surface area contributed by atoms with Gasteiger partial charge in [-0.05, 0) is 65.1 Å². The summed E-state index contributed by atoms with van der Waals surface area (Å²) in [4.78, 5) is 12.3. The maximum absolute atomic E-state index is 12.4. The minimum atomic E-state index is -3.47. The van der Waals surface area contributed by atoms with E-state index in [-0.39, 0.29) is 17.3 Å². The van der Waals surface area contributed by atoms with Gasteiger partial charge in [-0.25, -0.2) is 8.42 Å². The van der Waals surface area contributed by atoms with Crippen LogP contribution in [0.2, 0.25) is 0 Å². The second-order valence-corrected chi connectivity index (χ2v) is 8.71. The van der Waals surface area contributed by atoms with Crippen molar-refractivity contribution >= 4 is 49.9 Å². The van der Waals surface area contributed by atoms with Crippen LogP contribution < -0.4 is 10.6 Å². The van der Waals surface area contributed by atoms with Crippen molar-refractivity contribution in [2.24, 2.45) is 0 Å². The van der Waals surface area contributed by atoms with Crippen LogP contribution in [0, 0.1) is 3.57 Å². The third-order valence-electron chi connectivity index (χ3n) is 3.76. The fraction of sp³-hybridized carbons (Fsp3) is 0.278. The number of sulfonamides is 1. The first-order valence-corrected chi connectivity index (χ1v) is 10.8. The molecule has 0 aliphatic carbocycles. The average molecular weight is 487 g/mol. The molecular weight excluding hydrogens is 465 g/mol. The molecule has 8 heteroatoms. The summed E-state index contributed by atoms with van der Waals surface area (Å²) >= 11 is 2.18. The second kappa shape index (κ2) is 9.33. The van der Waals surface area contributed by atoms with Crippen molar-refractivity contribution in [1.29, 1.82) is 0 Å². The van der Waals surface area contributed by atoms with Gasteiger partial charge in [0.2, 0.25) is 15.9 Å². The molecule has 2 N–H and O–H groups in total. The highest BCUT2D eigenvalue weighted by Crippen LogP contribution is 2.18. The fourth-order valence-corrected chi connectivity index (χ4v) is 4.41. The van der Waals surface area contributed by atoms with E-state index < -0.39 is 10.0 Å². The van der Waals surface area contributed by atoms with E-state index in [4.69, 9.17) is 0 Å². The summed E-state index contributed by atoms with van der Waals surface area (Å²) in [7, 11) is -3.47. The largest absolute Gasteiger partial charge is 0.376 e. The Morgan fingerprint density at radius 1 is 1.04 bits per heavy atom. The van der Waals surface area contributed by atoms with Gasteiger partial charge in [0.1, 0.15) is 0 Å². The molecule has 2 aromatic carbocycles. The monoisotopic (exact) mass is 487 g/mol. The van der Waals surface area contributed by atoms with Crippen molar-refractivity contribution < 1.29 is 13.2 Å². The Morgan fingerprint density at radius 2 is 1.69 bits per heavy atom. The summed E-state index contributed by atoms with van der Waals surface area (Å²) < 4.78 is 27.3. The zero-order valence-corrected chi connectivity index (χ0v) is 17.7. The molecule has 0 radical (unpaired) electrons. The smallest absolute Gasteiger partial charge is 0.243 e. The Morgan fingerprint density at radius 3 is 2.27 bits per heavy atom. The maximum Gasteiger partial charge on any atom is 0.243 e. The first-order valence-electron chi connectivity index (χ1n) is 8.26. The number of halogens is 1. The van der Waals surface area contributed by atoms with E-state index in [9.17, 15) is 13.2 Å². The first-order chi connectivity index (χ1) is 12.4. The fourth-order valence-electron chi connectivity index (χ4n) is 2.41. The topological polar surface area (TPSA) is 78.5 Å². The molecule has 1 amide bonds. The van der Waals surface area contributed by atoms with Gasteiger partial charge in [0, 0.05) is 28.0 Å². The number of hydrogen-bond donors (Lipinski definition) is 2. The van der Waals surface area contributed by atoms with E-state index in [1.807, 2.05) is 38.1 Å². The summed E-state index contributed by atoms with van der Waals surface area (Å²) in [6.07, 6.45) is 0. The minimum Gasteiger partial charge on any atom is -0.376 e. The lowest BCUT2D eigenvalue weighted by Crippen LogP contribution is -2.30. The lowest BCUT2D eigenvalue weighted by Gasteiger charge is -2.18. The zero-order chi connectivity index (χ0) is 19.2. The van der Waals surface area contributed by atoms with Gasteiger partial charge in [-0.3, -0.25) is 4.79 Å². The quantitative estimate of drug-likeness (QED) is 0.560. The third kappa shape index (κ3) is 5.42. The number of nitrogens with zero attached hydrogens (tertiary/aromatic N) is 1. The molecule has 0 saturated heterocycles. The van der Waals surface area contributed by atoms with Crippen LogP contribution in [0.3, 0.4) is 0 Å². The first kappa shape index (κ1) is 20.7. The number of hydrogen-bond acceptors (Lipinski definition) is 4. The van der Waals surface area contributed by atoms with Gasteiger partial charge in [0.15, 0.2) is 0 Å². The molecule has 26 heavy (non-hydrogen) atoms. The van der Waals surface area contributed by atoms with E-state index in [1.54, 1.807) is 24.3 Å². The molecule has 0 aliphatic rings. The van der Waals surface area contributed by atoms with Gasteiger partial charge >= 0.3 is 0 Å². The highest BCUT2D eigenvalue weighted by atomic mass is 127. The van der Waals surface area contributed by atoms with Crippen molar-refractivity contribution in [3.05, 3.63) is 52.1 Å². The molecule has 0 aromatic heterocycles. The molecule has 0 bridgehead atoms. The molecule has 140 valence electrons. The Bertz CT molecular complexity index is 850. The van der Waals surface area contributed by atoms with Crippen molar-refractivity contribution in [1.82, 2.24) is 4.31 Å². The van der Waals surface area contributed by atoms with Crippen molar-refractivity contribution in [2.75, 3.05) is 30.3 Å². The Kier molecular flexibility index (Phi) is 7.42. The van der Waals surface area contributed by atoms with Crippen LogP contribution in [-0.4, -0.2) is 38.3 Å². The summed E-state index contributed by atoms with van der Waals surface area (Å²) in [5.41, 5.74) is 1.42. The molecule has 0 spiro atoms. The van der Waals surface area contributed by atoms with Crippen LogP contribution in [0.15, 0.2) is 53.4 Å². The number of benzene rings is 2. The lowest BCUT2D eigenvalue weighted by molar-refractivity contribution is -0.114. The lowest BCUT2D eigenvalue weighted by atomic mass is 10.3. The Hall–Kier alpha value is -1.65. The Labute approximate surface area is 168 Å². The molecule has 0 aliphatic heterocycles. The van der Waals surface area contributed by atoms with Crippen LogP contribution in [0.1, 0.15) is 13.8 Å². The summed E-state index contributed by atoms with van der Waals surface area (Å²) in [6.45, 7) is 4.56. The van der Waals surface area contributed by atoms with Crippen LogP contribution in [0.5, 0.6) is 0 Å². The normalized spacial score (nSPS) is 11.4. The standard InChI is InChI=1S/C18H22IN3O3S/c1-3-22(4-2)26(24,25)17-10-8-15(9-11-17)20-13-18(23)21-16-7-5-6-14(19)12-16/h5-12,20H,3-4,13H2,1-2H3,(H,21,23). The maximum atomic E-state index is 12.4. The van der Waals surface area contributed by atoms with Crippen molar-refractivity contribution in [3.8, 4) is 0 Å². The highest BCUT2D eigenvalue weighted by Gasteiger charge is 2.21. The van der Waals surface area contributed by atoms with E-state index in [1.165, 1.54) is 4.31 Å². The predicted octanol–water partition coefficient (Wildman–Crippen LogP) is 3.37. The van der Waals surface area contributed by atoms with Crippen LogP contribution in [0.4, 0.5) is 11.4 Å². The summed E-state index contributed by atoms with van der Waals surface area (Å²) in [6, 6.07) is 13.9. The average Bonchev–Trinajstić information content (AvgIpc) is 2.61. The number of carbonyl (C=O) groups is 1. The van der Waals surface area contributed by atoms with Crippen molar-refractivity contribution in [3.63, 3.8) is 0 Å². The van der Waals surface area contributed by atoms with E-state index in [2.05, 4.69) is 33.2 Å². The van der Waals surface area contributed by atoms with Gasteiger partial charge in [-0.2, -0.15) is 4.31 Å². The number of rotatable bonds is 8. The number of anilines is 2. The molecule has 2 rings (SSSR count). The van der Waals surface area contributed by atoms with E-state index >= 15 is 0 Å². The summed E-state index contributed by atoms with van der Waals surface area (Å²) in [5, 5.41) is 5.80. The van der Waals surface area contributed by atoms with Gasteiger partial charge in [0.05, 0.1) is 11.4 Å². The molecule has 0 saturated carbocycles. The molecule has 0 fully saturated rings. The van der Waals surface area contributed by atoms with Gasteiger partial charge in [-0.15, -0.1) is 0 Å². The molecule has 0 atom stereocenters. The Balaban J connectivity index is 1.96. The molecule has 0 heterocycles. The molecular formula is C18H22IN3O3S. The zero-order valence-electron chi connectivity index (χ0n) is 14.7. The predicted molar refractivity (Wildman–Crippen MR) is 113 cm³/mol. The molecule has 6 nitrogen and oxygen atoms in total. The second-order valence-electron chi connectivity index (χ2n) is 5.53. The van der Waals surface area contributed by atoms with E-state index in [0.29, 0.717) is 18.8 Å². The van der Waals surface area contributed by atoms with Gasteiger partial charge in [0.25, 0.3) is 0 Å². The highest BCUT2D eigenvalue weighted by molar-refractivity contribution is 14.1. The van der Waals surface area contributed by atoms with Crippen LogP contribution in [0.25, 0.3) is 0 Å².